The van der Waals surface area contributed by atoms with Crippen LogP contribution in [0.1, 0.15) is 25.8 Å². The van der Waals surface area contributed by atoms with Crippen molar-refractivity contribution in [3.63, 3.8) is 0 Å². The zero-order valence-corrected chi connectivity index (χ0v) is 10.4. The fourth-order valence-electron chi connectivity index (χ4n) is 2.49. The maximum atomic E-state index is 4.06. The SMILES string of the molecule is CNC1CN(Cc2ccncc2)C(C)(C)C1. The molecule has 1 N–H and O–H groups in total. The van der Waals surface area contributed by atoms with Gasteiger partial charge in [0.2, 0.25) is 0 Å². The second kappa shape index (κ2) is 4.52. The van der Waals surface area contributed by atoms with Gasteiger partial charge in [0.05, 0.1) is 0 Å². The second-order valence-corrected chi connectivity index (χ2v) is 5.24. The lowest BCUT2D eigenvalue weighted by Crippen LogP contribution is -2.37. The highest BCUT2D eigenvalue weighted by Crippen LogP contribution is 2.29. The third kappa shape index (κ3) is 2.42. The van der Waals surface area contributed by atoms with E-state index in [2.05, 4.69) is 48.2 Å². The summed E-state index contributed by atoms with van der Waals surface area (Å²) in [6.07, 6.45) is 4.95. The highest BCUT2D eigenvalue weighted by atomic mass is 15.2. The molecule has 1 atom stereocenters. The Labute approximate surface area is 97.9 Å². The Morgan fingerprint density at radius 2 is 2.12 bits per heavy atom. The molecule has 1 aromatic rings. The summed E-state index contributed by atoms with van der Waals surface area (Å²) in [7, 11) is 2.05. The van der Waals surface area contributed by atoms with E-state index in [0.717, 1.165) is 13.1 Å². The molecule has 88 valence electrons. The average Bonchev–Trinajstić information content (AvgIpc) is 2.55. The Bertz CT molecular complexity index is 334. The van der Waals surface area contributed by atoms with Crippen molar-refractivity contribution in [1.82, 2.24) is 15.2 Å². The van der Waals surface area contributed by atoms with E-state index in [0.29, 0.717) is 6.04 Å². The minimum Gasteiger partial charge on any atom is -0.316 e. The minimum atomic E-state index is 0.289. The molecule has 1 aromatic heterocycles. The predicted octanol–water partition coefficient (Wildman–Crippen LogP) is 1.65. The van der Waals surface area contributed by atoms with Gasteiger partial charge >= 0.3 is 0 Å². The van der Waals surface area contributed by atoms with E-state index in [1.807, 2.05) is 12.4 Å². The van der Waals surface area contributed by atoms with Crippen LogP contribution in [-0.2, 0) is 6.54 Å². The third-order valence-electron chi connectivity index (χ3n) is 3.57. The number of likely N-dealkylation sites (N-methyl/N-ethyl adjacent to an activating group) is 1. The van der Waals surface area contributed by atoms with Gasteiger partial charge in [0, 0.05) is 37.1 Å². The lowest BCUT2D eigenvalue weighted by atomic mass is 10.00. The zero-order valence-electron chi connectivity index (χ0n) is 10.4. The molecular weight excluding hydrogens is 198 g/mol. The van der Waals surface area contributed by atoms with Crippen LogP contribution in [0.5, 0.6) is 0 Å². The van der Waals surface area contributed by atoms with E-state index in [1.165, 1.54) is 12.0 Å². The Morgan fingerprint density at radius 1 is 1.44 bits per heavy atom. The summed E-state index contributed by atoms with van der Waals surface area (Å²) in [5.74, 6) is 0. The van der Waals surface area contributed by atoms with Gasteiger partial charge in [-0.05, 0) is 45.0 Å². The van der Waals surface area contributed by atoms with Crippen molar-refractivity contribution >= 4 is 0 Å². The molecular formula is C13H21N3. The number of pyridine rings is 1. The lowest BCUT2D eigenvalue weighted by Gasteiger charge is -2.31. The monoisotopic (exact) mass is 219 g/mol. The van der Waals surface area contributed by atoms with Gasteiger partial charge in [0.15, 0.2) is 0 Å². The van der Waals surface area contributed by atoms with Gasteiger partial charge in [-0.1, -0.05) is 0 Å². The summed E-state index contributed by atoms with van der Waals surface area (Å²) in [5, 5.41) is 3.38. The molecule has 3 heteroatoms. The Kier molecular flexibility index (Phi) is 3.26. The largest absolute Gasteiger partial charge is 0.316 e. The maximum absolute atomic E-state index is 4.06. The highest BCUT2D eigenvalue weighted by molar-refractivity contribution is 5.11. The number of rotatable bonds is 3. The third-order valence-corrected chi connectivity index (χ3v) is 3.57. The number of nitrogens with zero attached hydrogens (tertiary/aromatic N) is 2. The molecule has 0 spiro atoms. The van der Waals surface area contributed by atoms with Crippen LogP contribution in [0.2, 0.25) is 0 Å². The van der Waals surface area contributed by atoms with E-state index in [-0.39, 0.29) is 5.54 Å². The van der Waals surface area contributed by atoms with Crippen LogP contribution in [-0.4, -0.2) is 35.1 Å². The van der Waals surface area contributed by atoms with Gasteiger partial charge in [-0.3, -0.25) is 9.88 Å². The molecule has 0 amide bonds. The molecule has 3 nitrogen and oxygen atoms in total. The number of nitrogens with one attached hydrogen (secondary N) is 1. The van der Waals surface area contributed by atoms with Gasteiger partial charge in [0.25, 0.3) is 0 Å². The van der Waals surface area contributed by atoms with Crippen molar-refractivity contribution < 1.29 is 0 Å². The van der Waals surface area contributed by atoms with Gasteiger partial charge in [-0.25, -0.2) is 0 Å². The fourth-order valence-corrected chi connectivity index (χ4v) is 2.49. The summed E-state index contributed by atoms with van der Waals surface area (Å²) in [5.41, 5.74) is 1.64. The first kappa shape index (κ1) is 11.6. The molecule has 1 aliphatic rings. The smallest absolute Gasteiger partial charge is 0.0271 e. The van der Waals surface area contributed by atoms with Crippen molar-refractivity contribution in [2.45, 2.75) is 38.4 Å². The van der Waals surface area contributed by atoms with E-state index in [4.69, 9.17) is 0 Å². The zero-order chi connectivity index (χ0) is 11.6. The van der Waals surface area contributed by atoms with Crippen LogP contribution in [0, 0.1) is 0 Å². The van der Waals surface area contributed by atoms with Crippen LogP contribution in [0.4, 0.5) is 0 Å². The number of likely N-dealkylation sites (tertiary alicyclic amines) is 1. The number of hydrogen-bond acceptors (Lipinski definition) is 3. The van der Waals surface area contributed by atoms with Crippen molar-refractivity contribution in [2.75, 3.05) is 13.6 Å². The lowest BCUT2D eigenvalue weighted by molar-refractivity contribution is 0.166. The number of aromatic nitrogens is 1. The van der Waals surface area contributed by atoms with Crippen LogP contribution in [0.25, 0.3) is 0 Å². The second-order valence-electron chi connectivity index (χ2n) is 5.24. The van der Waals surface area contributed by atoms with Crippen molar-refractivity contribution in [2.24, 2.45) is 0 Å². The molecule has 0 bridgehead atoms. The highest BCUT2D eigenvalue weighted by Gasteiger charge is 2.37. The molecule has 1 unspecified atom stereocenters. The van der Waals surface area contributed by atoms with Crippen LogP contribution in [0.15, 0.2) is 24.5 Å². The van der Waals surface area contributed by atoms with E-state index in [9.17, 15) is 0 Å². The van der Waals surface area contributed by atoms with Crippen LogP contribution in [0.3, 0.4) is 0 Å². The first-order chi connectivity index (χ1) is 7.62. The van der Waals surface area contributed by atoms with Crippen molar-refractivity contribution in [3.8, 4) is 0 Å². The van der Waals surface area contributed by atoms with Gasteiger partial charge in [-0.2, -0.15) is 0 Å². The van der Waals surface area contributed by atoms with Crippen LogP contribution < -0.4 is 5.32 Å². The summed E-state index contributed by atoms with van der Waals surface area (Å²) in [6, 6.07) is 4.82. The molecule has 2 rings (SSSR count). The topological polar surface area (TPSA) is 28.2 Å². The van der Waals surface area contributed by atoms with E-state index < -0.39 is 0 Å². The molecule has 0 aromatic carbocycles. The number of hydrogen-bond donors (Lipinski definition) is 1. The normalized spacial score (nSPS) is 24.8. The summed E-state index contributed by atoms with van der Waals surface area (Å²) < 4.78 is 0. The van der Waals surface area contributed by atoms with Crippen molar-refractivity contribution in [3.05, 3.63) is 30.1 Å². The molecule has 2 heterocycles. The average molecular weight is 219 g/mol. The first-order valence-corrected chi connectivity index (χ1v) is 5.93. The summed E-state index contributed by atoms with van der Waals surface area (Å²) >= 11 is 0. The van der Waals surface area contributed by atoms with E-state index in [1.54, 1.807) is 0 Å². The first-order valence-electron chi connectivity index (χ1n) is 5.93. The quantitative estimate of drug-likeness (QED) is 0.838. The Balaban J connectivity index is 2.05. The molecule has 0 aliphatic carbocycles. The fraction of sp³-hybridized carbons (Fsp3) is 0.615. The molecule has 16 heavy (non-hydrogen) atoms. The molecule has 1 fully saturated rings. The molecule has 1 aliphatic heterocycles. The maximum Gasteiger partial charge on any atom is 0.0271 e. The molecule has 0 saturated carbocycles. The minimum absolute atomic E-state index is 0.289. The standard InChI is InChI=1S/C13H21N3/c1-13(2)8-12(14-3)10-16(13)9-11-4-6-15-7-5-11/h4-7,12,14H,8-10H2,1-3H3. The molecule has 1 saturated heterocycles. The van der Waals surface area contributed by atoms with E-state index >= 15 is 0 Å². The van der Waals surface area contributed by atoms with Crippen LogP contribution >= 0.6 is 0 Å². The van der Waals surface area contributed by atoms with Gasteiger partial charge in [-0.15, -0.1) is 0 Å². The van der Waals surface area contributed by atoms with Gasteiger partial charge < -0.3 is 5.32 Å². The Morgan fingerprint density at radius 3 is 2.69 bits per heavy atom. The summed E-state index contributed by atoms with van der Waals surface area (Å²) in [6.45, 7) is 6.80. The van der Waals surface area contributed by atoms with Crippen molar-refractivity contribution in [1.29, 1.82) is 0 Å². The van der Waals surface area contributed by atoms with Gasteiger partial charge in [0.1, 0.15) is 0 Å². The Hall–Kier alpha value is -0.930. The summed E-state index contributed by atoms with van der Waals surface area (Å²) in [4.78, 5) is 6.60. The molecule has 0 radical (unpaired) electrons. The predicted molar refractivity (Wildman–Crippen MR) is 66.2 cm³/mol.